The summed E-state index contributed by atoms with van der Waals surface area (Å²) in [6.45, 7) is 0. The van der Waals surface area contributed by atoms with Crippen LogP contribution in [0.2, 0.25) is 0 Å². The van der Waals surface area contributed by atoms with Crippen molar-refractivity contribution in [3.63, 3.8) is 0 Å². The van der Waals surface area contributed by atoms with Crippen LogP contribution in [-0.2, 0) is 6.42 Å². The van der Waals surface area contributed by atoms with Crippen molar-refractivity contribution >= 4 is 27.1 Å². The summed E-state index contributed by atoms with van der Waals surface area (Å²) >= 11 is 3.40. The van der Waals surface area contributed by atoms with Gasteiger partial charge in [0.2, 0.25) is 0 Å². The number of nitrogens with two attached hydrogens (primary N) is 1. The molecule has 0 saturated carbocycles. The van der Waals surface area contributed by atoms with Crippen LogP contribution in [0.25, 0.3) is 11.2 Å². The van der Waals surface area contributed by atoms with Gasteiger partial charge in [0.25, 0.3) is 0 Å². The Bertz CT molecular complexity index is 708. The fraction of sp³-hybridized carbons (Fsp3) is 0.200. The summed E-state index contributed by atoms with van der Waals surface area (Å²) in [5.41, 5.74) is 9.05. The van der Waals surface area contributed by atoms with Crippen LogP contribution in [-0.4, -0.2) is 15.0 Å². The fourth-order valence-corrected chi connectivity index (χ4v) is 2.53. The summed E-state index contributed by atoms with van der Waals surface area (Å²) < 4.78 is 0.946. The van der Waals surface area contributed by atoms with E-state index in [1.165, 1.54) is 0 Å². The number of hydrogen-bond acceptors (Lipinski definition) is 3. The molecule has 102 valence electrons. The molecule has 2 aromatic heterocycles. The zero-order valence-electron chi connectivity index (χ0n) is 10.9. The molecule has 1 atom stereocenters. The van der Waals surface area contributed by atoms with E-state index in [2.05, 4.69) is 43.0 Å². The first kappa shape index (κ1) is 13.3. The Balaban J connectivity index is 1.71. The minimum Gasteiger partial charge on any atom is -0.341 e. The average Bonchev–Trinajstić information content (AvgIpc) is 2.87. The highest BCUT2D eigenvalue weighted by atomic mass is 79.9. The zero-order chi connectivity index (χ0) is 13.9. The van der Waals surface area contributed by atoms with Crippen molar-refractivity contribution in [1.29, 1.82) is 0 Å². The molecular weight excluding hydrogens is 316 g/mol. The van der Waals surface area contributed by atoms with Crippen molar-refractivity contribution in [2.45, 2.75) is 18.9 Å². The maximum Gasteiger partial charge on any atom is 0.177 e. The molecule has 3 rings (SSSR count). The quantitative estimate of drug-likeness (QED) is 0.770. The topological polar surface area (TPSA) is 67.6 Å². The number of fused-ring (bicyclic) bond motifs is 1. The maximum atomic E-state index is 6.20. The molecule has 0 saturated heterocycles. The molecule has 0 spiro atoms. The van der Waals surface area contributed by atoms with Gasteiger partial charge in [0.1, 0.15) is 5.82 Å². The molecule has 0 aliphatic rings. The number of pyridine rings is 1. The van der Waals surface area contributed by atoms with Gasteiger partial charge >= 0.3 is 0 Å². The Morgan fingerprint density at radius 3 is 2.85 bits per heavy atom. The summed E-state index contributed by atoms with van der Waals surface area (Å²) in [5.74, 6) is 0.928. The van der Waals surface area contributed by atoms with Crippen LogP contribution in [0.5, 0.6) is 0 Å². The molecule has 1 aromatic carbocycles. The van der Waals surface area contributed by atoms with Gasteiger partial charge in [-0.3, -0.25) is 0 Å². The van der Waals surface area contributed by atoms with Crippen LogP contribution in [0.4, 0.5) is 0 Å². The second kappa shape index (κ2) is 5.73. The SMILES string of the molecule is NC(CCc1nc2ncc(Br)cc2[nH]1)c1ccccc1. The van der Waals surface area contributed by atoms with Gasteiger partial charge in [-0.15, -0.1) is 0 Å². The molecule has 2 heterocycles. The average molecular weight is 331 g/mol. The molecule has 0 bridgehead atoms. The highest BCUT2D eigenvalue weighted by Gasteiger charge is 2.09. The van der Waals surface area contributed by atoms with Crippen molar-refractivity contribution in [2.75, 3.05) is 0 Å². The number of benzene rings is 1. The molecule has 0 radical (unpaired) electrons. The Kier molecular flexibility index (Phi) is 3.80. The van der Waals surface area contributed by atoms with E-state index < -0.39 is 0 Å². The summed E-state index contributed by atoms with van der Waals surface area (Å²) in [5, 5.41) is 0. The number of nitrogens with zero attached hydrogens (tertiary/aromatic N) is 2. The number of aryl methyl sites for hydroxylation is 1. The lowest BCUT2D eigenvalue weighted by Crippen LogP contribution is -2.11. The van der Waals surface area contributed by atoms with E-state index in [1.807, 2.05) is 24.3 Å². The first-order valence-electron chi connectivity index (χ1n) is 6.53. The van der Waals surface area contributed by atoms with Crippen LogP contribution in [0.1, 0.15) is 23.9 Å². The van der Waals surface area contributed by atoms with Gasteiger partial charge in [-0.1, -0.05) is 30.3 Å². The van der Waals surface area contributed by atoms with Crippen molar-refractivity contribution < 1.29 is 0 Å². The zero-order valence-corrected chi connectivity index (χ0v) is 12.5. The van der Waals surface area contributed by atoms with Crippen molar-refractivity contribution in [3.8, 4) is 0 Å². The van der Waals surface area contributed by atoms with Crippen LogP contribution in [0, 0.1) is 0 Å². The minimum atomic E-state index is 0.0316. The molecule has 0 aliphatic carbocycles. The second-order valence-electron chi connectivity index (χ2n) is 4.76. The Morgan fingerprint density at radius 2 is 2.05 bits per heavy atom. The summed E-state index contributed by atoms with van der Waals surface area (Å²) in [7, 11) is 0. The molecule has 5 heteroatoms. The number of aromatic nitrogens is 3. The van der Waals surface area contributed by atoms with Crippen LogP contribution in [0.3, 0.4) is 0 Å². The lowest BCUT2D eigenvalue weighted by molar-refractivity contribution is 0.638. The Hall–Kier alpha value is -1.72. The molecule has 3 N–H and O–H groups in total. The number of H-pyrrole nitrogens is 1. The minimum absolute atomic E-state index is 0.0316. The Labute approximate surface area is 125 Å². The normalized spacial score (nSPS) is 12.7. The van der Waals surface area contributed by atoms with Gasteiger partial charge in [0, 0.05) is 23.1 Å². The highest BCUT2D eigenvalue weighted by molar-refractivity contribution is 9.10. The number of imidazole rings is 1. The lowest BCUT2D eigenvalue weighted by Gasteiger charge is -2.10. The predicted octanol–water partition coefficient (Wildman–Crippen LogP) is 3.35. The standard InChI is InChI=1S/C15H15BrN4/c16-11-8-13-15(18-9-11)20-14(19-13)7-6-12(17)10-4-2-1-3-5-10/h1-5,8-9,12H,6-7,17H2,(H,18,19,20). The molecular formula is C15H15BrN4. The van der Waals surface area contributed by atoms with E-state index in [-0.39, 0.29) is 6.04 Å². The van der Waals surface area contributed by atoms with E-state index in [9.17, 15) is 0 Å². The summed E-state index contributed by atoms with van der Waals surface area (Å²) in [6.07, 6.45) is 3.41. The van der Waals surface area contributed by atoms with E-state index >= 15 is 0 Å². The summed E-state index contributed by atoms with van der Waals surface area (Å²) in [6, 6.07) is 12.2. The first-order chi connectivity index (χ1) is 9.72. The third-order valence-corrected chi connectivity index (χ3v) is 3.71. The molecule has 0 fully saturated rings. The van der Waals surface area contributed by atoms with Crippen molar-refractivity contribution in [2.24, 2.45) is 5.73 Å². The largest absolute Gasteiger partial charge is 0.341 e. The Morgan fingerprint density at radius 1 is 1.25 bits per heavy atom. The molecule has 0 amide bonds. The molecule has 1 unspecified atom stereocenters. The van der Waals surface area contributed by atoms with E-state index in [0.29, 0.717) is 0 Å². The van der Waals surface area contributed by atoms with Gasteiger partial charge in [0.05, 0.1) is 5.52 Å². The van der Waals surface area contributed by atoms with Gasteiger partial charge in [0.15, 0.2) is 5.65 Å². The smallest absolute Gasteiger partial charge is 0.177 e. The van der Waals surface area contributed by atoms with Crippen molar-refractivity contribution in [1.82, 2.24) is 15.0 Å². The van der Waals surface area contributed by atoms with Crippen LogP contribution in [0.15, 0.2) is 47.1 Å². The number of nitrogens with one attached hydrogen (secondary N) is 1. The van der Waals surface area contributed by atoms with Gasteiger partial charge in [-0.2, -0.15) is 0 Å². The predicted molar refractivity (Wildman–Crippen MR) is 83.3 cm³/mol. The van der Waals surface area contributed by atoms with Crippen molar-refractivity contribution in [3.05, 3.63) is 58.5 Å². The van der Waals surface area contributed by atoms with E-state index in [0.717, 1.165) is 39.9 Å². The number of halogens is 1. The van der Waals surface area contributed by atoms with Crippen LogP contribution >= 0.6 is 15.9 Å². The lowest BCUT2D eigenvalue weighted by atomic mass is 10.0. The van der Waals surface area contributed by atoms with Gasteiger partial charge in [-0.05, 0) is 34.0 Å². The summed E-state index contributed by atoms with van der Waals surface area (Å²) in [4.78, 5) is 12.0. The van der Waals surface area contributed by atoms with E-state index in [1.54, 1.807) is 6.20 Å². The third-order valence-electron chi connectivity index (χ3n) is 3.27. The second-order valence-corrected chi connectivity index (χ2v) is 5.68. The third kappa shape index (κ3) is 2.89. The fourth-order valence-electron chi connectivity index (χ4n) is 2.20. The molecule has 20 heavy (non-hydrogen) atoms. The van der Waals surface area contributed by atoms with Gasteiger partial charge in [-0.25, -0.2) is 9.97 Å². The molecule has 4 nitrogen and oxygen atoms in total. The molecule has 3 aromatic rings. The molecule has 0 aliphatic heterocycles. The van der Waals surface area contributed by atoms with Crippen LogP contribution < -0.4 is 5.73 Å². The maximum absolute atomic E-state index is 6.20. The number of rotatable bonds is 4. The van der Waals surface area contributed by atoms with Gasteiger partial charge < -0.3 is 10.7 Å². The number of hydrogen-bond donors (Lipinski definition) is 2. The first-order valence-corrected chi connectivity index (χ1v) is 7.32. The number of aromatic amines is 1. The monoisotopic (exact) mass is 330 g/mol. The van der Waals surface area contributed by atoms with E-state index in [4.69, 9.17) is 5.73 Å². The highest BCUT2D eigenvalue weighted by Crippen LogP contribution is 2.18.